The van der Waals surface area contributed by atoms with Crippen molar-refractivity contribution in [3.63, 3.8) is 0 Å². The van der Waals surface area contributed by atoms with Crippen LogP contribution < -0.4 is 0 Å². The summed E-state index contributed by atoms with van der Waals surface area (Å²) < 4.78 is 69.1. The number of rotatable bonds is 2. The lowest BCUT2D eigenvalue weighted by atomic mass is 9.99. The summed E-state index contributed by atoms with van der Waals surface area (Å²) in [4.78, 5) is 13.6. The van der Waals surface area contributed by atoms with Crippen LogP contribution in [0.2, 0.25) is 0 Å². The number of benzene rings is 2. The molecule has 1 aliphatic carbocycles. The summed E-state index contributed by atoms with van der Waals surface area (Å²) in [5.74, 6) is -1.68. The maximum Gasteiger partial charge on any atom is 0.416 e. The molecule has 1 N–H and O–H groups in total. The molecule has 1 aliphatic heterocycles. The minimum absolute atomic E-state index is 0.0179. The highest BCUT2D eigenvalue weighted by Gasteiger charge is 2.39. The second-order valence-electron chi connectivity index (χ2n) is 8.66. The number of carbonyl (C=O) groups is 1. The Balaban J connectivity index is 1.66. The number of amides is 1. The van der Waals surface area contributed by atoms with Gasteiger partial charge < -0.3 is 10.0 Å². The first-order valence-electron chi connectivity index (χ1n) is 10.7. The molecule has 178 valence electrons. The van der Waals surface area contributed by atoms with E-state index in [2.05, 4.69) is 5.10 Å². The zero-order valence-electron chi connectivity index (χ0n) is 18.0. The number of aromatic nitrogens is 2. The molecule has 0 saturated carbocycles. The molecule has 3 aromatic rings. The van der Waals surface area contributed by atoms with Crippen molar-refractivity contribution in [1.29, 1.82) is 0 Å². The Morgan fingerprint density at radius 1 is 1.12 bits per heavy atom. The molecule has 2 aliphatic rings. The van der Waals surface area contributed by atoms with Gasteiger partial charge in [-0.05, 0) is 29.3 Å². The van der Waals surface area contributed by atoms with E-state index in [9.17, 15) is 31.9 Å². The van der Waals surface area contributed by atoms with Gasteiger partial charge in [-0.25, -0.2) is 8.78 Å². The molecule has 0 bridgehead atoms. The number of carbonyl (C=O) groups excluding carboxylic acids is 1. The Bertz CT molecular complexity index is 1280. The van der Waals surface area contributed by atoms with Gasteiger partial charge in [-0.15, -0.1) is 0 Å². The molecule has 34 heavy (non-hydrogen) atoms. The molecule has 2 heterocycles. The van der Waals surface area contributed by atoms with E-state index >= 15 is 0 Å². The fraction of sp³-hybridized carbons (Fsp3) is 0.333. The maximum atomic E-state index is 14.4. The Hall–Kier alpha value is -3.27. The fourth-order valence-corrected chi connectivity index (χ4v) is 4.92. The molecule has 0 saturated heterocycles. The monoisotopic (exact) mass is 477 g/mol. The SMILES string of the molecule is CC(=O)N1CCc2c(c(-c3ccc(C(F)(F)F)cc3)nn2C2c3cc(F)cc(F)c3CC2O)C1. The third kappa shape index (κ3) is 3.66. The largest absolute Gasteiger partial charge is 0.416 e. The molecule has 0 radical (unpaired) electrons. The second kappa shape index (κ2) is 7.90. The molecule has 2 unspecified atom stereocenters. The molecule has 1 aromatic heterocycles. The third-order valence-electron chi connectivity index (χ3n) is 6.57. The number of halogens is 5. The van der Waals surface area contributed by atoms with Crippen molar-refractivity contribution in [3.8, 4) is 11.3 Å². The molecule has 5 rings (SSSR count). The van der Waals surface area contributed by atoms with Gasteiger partial charge in [0.15, 0.2) is 0 Å². The van der Waals surface area contributed by atoms with Gasteiger partial charge in [-0.2, -0.15) is 18.3 Å². The summed E-state index contributed by atoms with van der Waals surface area (Å²) >= 11 is 0. The van der Waals surface area contributed by atoms with Crippen LogP contribution in [0.15, 0.2) is 36.4 Å². The Morgan fingerprint density at radius 2 is 1.82 bits per heavy atom. The van der Waals surface area contributed by atoms with Gasteiger partial charge in [0.1, 0.15) is 17.7 Å². The Kier molecular flexibility index (Phi) is 5.23. The zero-order valence-corrected chi connectivity index (χ0v) is 18.0. The average molecular weight is 477 g/mol. The number of hydrogen-bond donors (Lipinski definition) is 1. The normalized spacial score (nSPS) is 19.8. The Morgan fingerprint density at radius 3 is 2.47 bits per heavy atom. The van der Waals surface area contributed by atoms with Crippen molar-refractivity contribution in [2.45, 2.75) is 44.6 Å². The highest BCUT2D eigenvalue weighted by atomic mass is 19.4. The van der Waals surface area contributed by atoms with E-state index < -0.39 is 35.5 Å². The number of aliphatic hydroxyl groups is 1. The summed E-state index contributed by atoms with van der Waals surface area (Å²) in [6.45, 7) is 2.00. The third-order valence-corrected chi connectivity index (χ3v) is 6.57. The van der Waals surface area contributed by atoms with Crippen LogP contribution in [-0.4, -0.2) is 38.3 Å². The van der Waals surface area contributed by atoms with E-state index in [4.69, 9.17) is 0 Å². The molecule has 2 aromatic carbocycles. The molecule has 2 atom stereocenters. The van der Waals surface area contributed by atoms with Crippen molar-refractivity contribution in [2.24, 2.45) is 0 Å². The van der Waals surface area contributed by atoms with Crippen LogP contribution in [0.1, 0.15) is 40.9 Å². The quantitative estimate of drug-likeness (QED) is 0.562. The highest BCUT2D eigenvalue weighted by Crippen LogP contribution is 2.41. The lowest BCUT2D eigenvalue weighted by molar-refractivity contribution is -0.137. The van der Waals surface area contributed by atoms with Crippen molar-refractivity contribution >= 4 is 5.91 Å². The van der Waals surface area contributed by atoms with Gasteiger partial charge in [0.25, 0.3) is 0 Å². The summed E-state index contributed by atoms with van der Waals surface area (Å²) in [5.41, 5.74) is 1.77. The van der Waals surface area contributed by atoms with E-state index in [0.29, 0.717) is 35.5 Å². The number of alkyl halides is 3. The predicted molar refractivity (Wildman–Crippen MR) is 112 cm³/mol. The minimum Gasteiger partial charge on any atom is -0.390 e. The first-order chi connectivity index (χ1) is 16.0. The van der Waals surface area contributed by atoms with Crippen LogP contribution in [-0.2, 0) is 30.4 Å². The van der Waals surface area contributed by atoms with Crippen molar-refractivity contribution in [1.82, 2.24) is 14.7 Å². The van der Waals surface area contributed by atoms with E-state index in [0.717, 1.165) is 18.2 Å². The van der Waals surface area contributed by atoms with Crippen molar-refractivity contribution in [2.75, 3.05) is 6.54 Å². The first-order valence-corrected chi connectivity index (χ1v) is 10.7. The second-order valence-corrected chi connectivity index (χ2v) is 8.66. The van der Waals surface area contributed by atoms with Crippen LogP contribution in [0, 0.1) is 11.6 Å². The summed E-state index contributed by atoms with van der Waals surface area (Å²) in [6.07, 6.45) is -5.20. The molecule has 0 spiro atoms. The lowest BCUT2D eigenvalue weighted by Gasteiger charge is -2.28. The van der Waals surface area contributed by atoms with Gasteiger partial charge >= 0.3 is 6.18 Å². The molecule has 10 heteroatoms. The maximum absolute atomic E-state index is 14.4. The standard InChI is InChI=1S/C24H20F5N3O2/c1-12(33)31-7-6-20-18(11-31)22(13-2-4-14(5-3-13)24(27,28)29)30-32(20)23-17-8-15(25)9-19(26)16(17)10-21(23)34/h2-5,8-9,21,23,34H,6-7,10-11H2,1H3. The van der Waals surface area contributed by atoms with Gasteiger partial charge in [0.2, 0.25) is 5.91 Å². The van der Waals surface area contributed by atoms with Crippen molar-refractivity contribution in [3.05, 3.63) is 76.0 Å². The average Bonchev–Trinajstić information content (AvgIpc) is 3.30. The predicted octanol–water partition coefficient (Wildman–Crippen LogP) is 4.26. The number of nitrogens with zero attached hydrogens (tertiary/aromatic N) is 3. The van der Waals surface area contributed by atoms with Crippen LogP contribution in [0.4, 0.5) is 22.0 Å². The molecular weight excluding hydrogens is 457 g/mol. The fourth-order valence-electron chi connectivity index (χ4n) is 4.92. The summed E-state index contributed by atoms with van der Waals surface area (Å²) in [5, 5.41) is 15.4. The van der Waals surface area contributed by atoms with Crippen LogP contribution in [0.5, 0.6) is 0 Å². The van der Waals surface area contributed by atoms with Crippen LogP contribution in [0.3, 0.4) is 0 Å². The zero-order chi connectivity index (χ0) is 24.4. The van der Waals surface area contributed by atoms with E-state index in [1.54, 1.807) is 4.90 Å². The number of fused-ring (bicyclic) bond motifs is 2. The van der Waals surface area contributed by atoms with Crippen LogP contribution >= 0.6 is 0 Å². The number of hydrogen-bond acceptors (Lipinski definition) is 3. The van der Waals surface area contributed by atoms with E-state index in [-0.39, 0.29) is 30.0 Å². The highest BCUT2D eigenvalue weighted by molar-refractivity contribution is 5.74. The van der Waals surface area contributed by atoms with Gasteiger partial charge in [0, 0.05) is 55.7 Å². The smallest absolute Gasteiger partial charge is 0.390 e. The summed E-state index contributed by atoms with van der Waals surface area (Å²) in [6, 6.07) is 5.61. The molecular formula is C24H20F5N3O2. The van der Waals surface area contributed by atoms with Gasteiger partial charge in [-0.1, -0.05) is 12.1 Å². The topological polar surface area (TPSA) is 58.4 Å². The Labute approximate surface area is 191 Å². The van der Waals surface area contributed by atoms with Gasteiger partial charge in [0.05, 0.1) is 17.4 Å². The molecule has 5 nitrogen and oxygen atoms in total. The van der Waals surface area contributed by atoms with Crippen molar-refractivity contribution < 1.29 is 31.9 Å². The minimum atomic E-state index is -4.49. The number of aliphatic hydroxyl groups excluding tert-OH is 1. The molecule has 1 amide bonds. The van der Waals surface area contributed by atoms with E-state index in [1.807, 2.05) is 0 Å². The first kappa shape index (κ1) is 22.5. The van der Waals surface area contributed by atoms with E-state index in [1.165, 1.54) is 29.8 Å². The molecule has 0 fully saturated rings. The van der Waals surface area contributed by atoms with Gasteiger partial charge in [-0.3, -0.25) is 9.48 Å². The van der Waals surface area contributed by atoms with Crippen LogP contribution in [0.25, 0.3) is 11.3 Å². The summed E-state index contributed by atoms with van der Waals surface area (Å²) in [7, 11) is 0. The lowest BCUT2D eigenvalue weighted by Crippen LogP contribution is -2.35.